The Morgan fingerprint density at radius 3 is 2.84 bits per heavy atom. The summed E-state index contributed by atoms with van der Waals surface area (Å²) in [6.45, 7) is 5.94. The molecule has 1 aliphatic rings. The first-order valence-electron chi connectivity index (χ1n) is 6.36. The maximum absolute atomic E-state index is 12.5. The summed E-state index contributed by atoms with van der Waals surface area (Å²) < 4.78 is 0. The monoisotopic (exact) mass is 256 g/mol. The summed E-state index contributed by atoms with van der Waals surface area (Å²) in [7, 11) is 0. The highest BCUT2D eigenvalue weighted by atomic mass is 16.1. The summed E-state index contributed by atoms with van der Waals surface area (Å²) in [5.41, 5.74) is 7.69. The van der Waals surface area contributed by atoms with Gasteiger partial charge in [-0.3, -0.25) is 9.79 Å². The molecular weight excluding hydrogens is 240 g/mol. The summed E-state index contributed by atoms with van der Waals surface area (Å²) in [5.74, 6) is 0.693. The summed E-state index contributed by atoms with van der Waals surface area (Å²) in [6, 6.07) is 1.94. The van der Waals surface area contributed by atoms with E-state index in [-0.39, 0.29) is 17.4 Å². The predicted molar refractivity (Wildman–Crippen MR) is 75.4 cm³/mol. The van der Waals surface area contributed by atoms with Crippen LogP contribution in [-0.2, 0) is 0 Å². The van der Waals surface area contributed by atoms with Gasteiger partial charge in [0, 0.05) is 0 Å². The second-order valence-corrected chi connectivity index (χ2v) is 5.20. The average molecular weight is 256 g/mol. The van der Waals surface area contributed by atoms with Crippen molar-refractivity contribution >= 4 is 22.9 Å². The molecule has 0 saturated heterocycles. The summed E-state index contributed by atoms with van der Waals surface area (Å²) in [5, 5.41) is 1.21. The summed E-state index contributed by atoms with van der Waals surface area (Å²) >= 11 is 0. The molecule has 2 aromatic heterocycles. The predicted octanol–water partition coefficient (Wildman–Crippen LogP) is 0.252. The molecule has 0 aromatic carbocycles. The number of pyridine rings is 2. The van der Waals surface area contributed by atoms with Crippen molar-refractivity contribution in [3.63, 3.8) is 0 Å². The van der Waals surface area contributed by atoms with Crippen molar-refractivity contribution in [2.24, 2.45) is 10.9 Å². The van der Waals surface area contributed by atoms with Crippen molar-refractivity contribution in [1.29, 1.82) is 0 Å². The zero-order valence-corrected chi connectivity index (χ0v) is 11.2. The Balaban J connectivity index is 2.52. The topological polar surface area (TPSA) is 84.1 Å². The molecule has 0 fully saturated rings. The van der Waals surface area contributed by atoms with Crippen molar-refractivity contribution in [1.82, 2.24) is 9.97 Å². The minimum absolute atomic E-state index is 0.0261. The fourth-order valence-corrected chi connectivity index (χ4v) is 2.31. The van der Waals surface area contributed by atoms with E-state index in [9.17, 15) is 4.79 Å². The molecule has 2 atom stereocenters. The third-order valence-electron chi connectivity index (χ3n) is 3.76. The van der Waals surface area contributed by atoms with Gasteiger partial charge in [-0.2, -0.15) is 0 Å². The first-order chi connectivity index (χ1) is 8.97. The second kappa shape index (κ2) is 3.91. The van der Waals surface area contributed by atoms with Crippen molar-refractivity contribution < 1.29 is 0 Å². The molecule has 0 aliphatic carbocycles. The Morgan fingerprint density at radius 2 is 2.11 bits per heavy atom. The van der Waals surface area contributed by atoms with Gasteiger partial charge in [-0.15, -0.1) is 0 Å². The minimum Gasteiger partial charge on any atom is -0.383 e. The van der Waals surface area contributed by atoms with E-state index >= 15 is 0 Å². The number of nitrogens with zero attached hydrogens (tertiary/aromatic N) is 2. The van der Waals surface area contributed by atoms with E-state index in [0.29, 0.717) is 27.6 Å². The van der Waals surface area contributed by atoms with E-state index in [1.165, 1.54) is 0 Å². The quantitative estimate of drug-likeness (QED) is 0.708. The lowest BCUT2D eigenvalue weighted by molar-refractivity contribution is 0.580. The van der Waals surface area contributed by atoms with Crippen LogP contribution >= 0.6 is 0 Å². The van der Waals surface area contributed by atoms with E-state index in [1.54, 1.807) is 6.07 Å². The van der Waals surface area contributed by atoms with Crippen LogP contribution in [0.15, 0.2) is 15.9 Å². The lowest BCUT2D eigenvalue weighted by Crippen LogP contribution is -2.46. The van der Waals surface area contributed by atoms with Gasteiger partial charge in [0.2, 0.25) is 0 Å². The van der Waals surface area contributed by atoms with Crippen LogP contribution in [0.5, 0.6) is 0 Å². The fraction of sp³-hybridized carbons (Fsp3) is 0.357. The Hall–Kier alpha value is -2.17. The number of aryl methyl sites for hydroxylation is 1. The third kappa shape index (κ3) is 1.73. The third-order valence-corrected chi connectivity index (χ3v) is 3.76. The summed E-state index contributed by atoms with van der Waals surface area (Å²) in [4.78, 5) is 24.4. The normalized spacial score (nSPS) is 21.6. The zero-order valence-electron chi connectivity index (χ0n) is 11.2. The maximum atomic E-state index is 12.5. The van der Waals surface area contributed by atoms with Gasteiger partial charge in [0.1, 0.15) is 17.0 Å². The van der Waals surface area contributed by atoms with Crippen LogP contribution < -0.4 is 21.9 Å². The Kier molecular flexibility index (Phi) is 2.45. The van der Waals surface area contributed by atoms with Gasteiger partial charge in [-0.25, -0.2) is 4.98 Å². The van der Waals surface area contributed by atoms with Gasteiger partial charge in [-0.1, -0.05) is 13.0 Å². The molecule has 19 heavy (non-hydrogen) atoms. The molecule has 3 heterocycles. The number of nitrogens with two attached hydrogens (primary N) is 1. The van der Waals surface area contributed by atoms with Crippen molar-refractivity contribution in [3.8, 4) is 0 Å². The lowest BCUT2D eigenvalue weighted by atomic mass is 10.00. The van der Waals surface area contributed by atoms with Gasteiger partial charge in [0.15, 0.2) is 5.43 Å². The van der Waals surface area contributed by atoms with E-state index in [1.807, 2.05) is 19.9 Å². The molecule has 98 valence electrons. The highest BCUT2D eigenvalue weighted by Gasteiger charge is 2.15. The molecule has 0 saturated carbocycles. The van der Waals surface area contributed by atoms with Gasteiger partial charge >= 0.3 is 0 Å². The van der Waals surface area contributed by atoms with Crippen LogP contribution in [0.2, 0.25) is 0 Å². The second-order valence-electron chi connectivity index (χ2n) is 5.20. The average Bonchev–Trinajstić information content (AvgIpc) is 2.35. The number of H-pyrrole nitrogens is 1. The number of hydrogen-bond acceptors (Lipinski definition) is 4. The van der Waals surface area contributed by atoms with Crippen LogP contribution in [0.1, 0.15) is 19.4 Å². The first-order valence-corrected chi connectivity index (χ1v) is 6.36. The van der Waals surface area contributed by atoms with Gasteiger partial charge in [0.05, 0.1) is 16.6 Å². The number of nitrogens with one attached hydrogen (secondary N) is 1. The van der Waals surface area contributed by atoms with Gasteiger partial charge in [0.25, 0.3) is 0 Å². The van der Waals surface area contributed by atoms with Crippen LogP contribution in [-0.4, -0.2) is 16.0 Å². The number of nitrogen functional groups attached to an aromatic ring is 1. The first kappa shape index (κ1) is 11.9. The molecule has 0 radical (unpaired) electrons. The van der Waals surface area contributed by atoms with Crippen LogP contribution in [0, 0.1) is 12.8 Å². The zero-order chi connectivity index (χ0) is 13.7. The minimum atomic E-state index is -0.0261. The molecular formula is C14H16N4O. The lowest BCUT2D eigenvalue weighted by Gasteiger charge is -2.15. The molecule has 5 nitrogen and oxygen atoms in total. The van der Waals surface area contributed by atoms with Crippen molar-refractivity contribution in [2.45, 2.75) is 26.8 Å². The smallest absolute Gasteiger partial charge is 0.200 e. The molecule has 0 amide bonds. The number of anilines is 1. The van der Waals surface area contributed by atoms with Crippen LogP contribution in [0.4, 0.5) is 5.82 Å². The number of rotatable bonds is 0. The molecule has 1 aliphatic heterocycles. The Bertz CT molecular complexity index is 850. The SMILES string of the molecule is Cc1cc2c(=O)c3c([nH]c2nc1N)=NC(C)C(C)C=3. The molecule has 5 heteroatoms. The van der Waals surface area contributed by atoms with Crippen molar-refractivity contribution in [3.05, 3.63) is 32.6 Å². The number of hydrogen-bond donors (Lipinski definition) is 2. The molecule has 0 spiro atoms. The van der Waals surface area contributed by atoms with Crippen LogP contribution in [0.25, 0.3) is 17.1 Å². The molecule has 0 bridgehead atoms. The number of aromatic nitrogens is 2. The Morgan fingerprint density at radius 1 is 1.37 bits per heavy atom. The standard InChI is InChI=1S/C14H16N4O/c1-6-4-9-11(19)10-5-7(2)12(15)17-14(10)18-13(9)16-8(6)3/h4-6,8H,1-3H3,(H3,15,16,17,18). The largest absolute Gasteiger partial charge is 0.383 e. The highest BCUT2D eigenvalue weighted by molar-refractivity contribution is 5.77. The maximum Gasteiger partial charge on any atom is 0.200 e. The van der Waals surface area contributed by atoms with Gasteiger partial charge < -0.3 is 10.7 Å². The molecule has 2 aromatic rings. The van der Waals surface area contributed by atoms with E-state index in [4.69, 9.17) is 5.73 Å². The number of fused-ring (bicyclic) bond motifs is 2. The highest BCUT2D eigenvalue weighted by Crippen LogP contribution is 2.12. The molecule has 2 unspecified atom stereocenters. The fourth-order valence-electron chi connectivity index (χ4n) is 2.31. The molecule has 3 rings (SSSR count). The number of aromatic amines is 1. The van der Waals surface area contributed by atoms with E-state index in [2.05, 4.69) is 21.9 Å². The van der Waals surface area contributed by atoms with Crippen LogP contribution in [0.3, 0.4) is 0 Å². The molecule has 3 N–H and O–H groups in total. The van der Waals surface area contributed by atoms with E-state index in [0.717, 1.165) is 5.56 Å². The summed E-state index contributed by atoms with van der Waals surface area (Å²) in [6.07, 6.45) is 1.98. The van der Waals surface area contributed by atoms with E-state index < -0.39 is 0 Å². The van der Waals surface area contributed by atoms with Gasteiger partial charge in [-0.05, 0) is 31.4 Å². The van der Waals surface area contributed by atoms with Crippen molar-refractivity contribution in [2.75, 3.05) is 5.73 Å². The Labute approximate surface area is 109 Å².